The van der Waals surface area contributed by atoms with E-state index >= 15 is 0 Å². The molecule has 1 saturated heterocycles. The molecular weight excluding hydrogens is 353 g/mol. The Labute approximate surface area is 153 Å². The summed E-state index contributed by atoms with van der Waals surface area (Å²) in [7, 11) is 0. The Kier molecular flexibility index (Phi) is 4.23. The van der Waals surface area contributed by atoms with Crippen LogP contribution in [-0.4, -0.2) is 52.8 Å². The normalized spacial score (nSPS) is 14.6. The van der Waals surface area contributed by atoms with Gasteiger partial charge in [0.25, 0.3) is 11.8 Å². The van der Waals surface area contributed by atoms with E-state index in [0.29, 0.717) is 48.4 Å². The third kappa shape index (κ3) is 3.33. The topological polar surface area (TPSA) is 86.6 Å². The Morgan fingerprint density at radius 2 is 1.56 bits per heavy atom. The molecule has 0 bridgehead atoms. The van der Waals surface area contributed by atoms with Crippen LogP contribution >= 0.6 is 0 Å². The second-order valence-electron chi connectivity index (χ2n) is 6.32. The van der Waals surface area contributed by atoms with Gasteiger partial charge in [-0.1, -0.05) is 6.07 Å². The lowest BCUT2D eigenvalue weighted by Crippen LogP contribution is -2.50. The summed E-state index contributed by atoms with van der Waals surface area (Å²) < 4.78 is 18.3. The number of hydrogen-bond donors (Lipinski definition) is 1. The molecule has 0 radical (unpaired) electrons. The number of benzene rings is 2. The number of carbonyl (C=O) groups excluding carboxylic acids is 2. The van der Waals surface area contributed by atoms with Crippen LogP contribution in [-0.2, 0) is 0 Å². The fourth-order valence-corrected chi connectivity index (χ4v) is 3.18. The zero-order valence-electron chi connectivity index (χ0n) is 14.3. The lowest BCUT2D eigenvalue weighted by Gasteiger charge is -2.34. The highest BCUT2D eigenvalue weighted by molar-refractivity contribution is 5.97. The molecule has 0 saturated carbocycles. The smallest absolute Gasteiger partial charge is 0.408 e. The van der Waals surface area contributed by atoms with Crippen molar-refractivity contribution in [2.75, 3.05) is 26.2 Å². The highest BCUT2D eigenvalue weighted by Gasteiger charge is 2.26. The zero-order chi connectivity index (χ0) is 19.0. The van der Waals surface area contributed by atoms with Crippen LogP contribution in [0, 0.1) is 5.82 Å². The SMILES string of the molecule is O=C(c1cccc(F)c1)N1CCN(C(=O)c2ccc3[nH]c(=O)oc3c2)CC1. The summed E-state index contributed by atoms with van der Waals surface area (Å²) in [6.45, 7) is 1.47. The van der Waals surface area contributed by atoms with Crippen molar-refractivity contribution in [2.45, 2.75) is 0 Å². The van der Waals surface area contributed by atoms with Crippen molar-refractivity contribution < 1.29 is 18.4 Å². The van der Waals surface area contributed by atoms with E-state index in [-0.39, 0.29) is 11.8 Å². The van der Waals surface area contributed by atoms with Crippen molar-refractivity contribution in [1.82, 2.24) is 14.8 Å². The van der Waals surface area contributed by atoms with Gasteiger partial charge in [0.2, 0.25) is 0 Å². The summed E-state index contributed by atoms with van der Waals surface area (Å²) >= 11 is 0. The third-order valence-electron chi connectivity index (χ3n) is 4.59. The van der Waals surface area contributed by atoms with Crippen LogP contribution in [0.4, 0.5) is 4.39 Å². The maximum Gasteiger partial charge on any atom is 0.417 e. The van der Waals surface area contributed by atoms with Gasteiger partial charge < -0.3 is 14.2 Å². The first-order valence-electron chi connectivity index (χ1n) is 8.48. The largest absolute Gasteiger partial charge is 0.417 e. The maximum atomic E-state index is 13.3. The zero-order valence-corrected chi connectivity index (χ0v) is 14.3. The minimum absolute atomic E-state index is 0.196. The molecule has 1 fully saturated rings. The summed E-state index contributed by atoms with van der Waals surface area (Å²) in [5.74, 6) is -1.48. The summed E-state index contributed by atoms with van der Waals surface area (Å²) in [5, 5.41) is 0. The lowest BCUT2D eigenvalue weighted by atomic mass is 10.1. The van der Waals surface area contributed by atoms with E-state index < -0.39 is 11.6 Å². The molecule has 27 heavy (non-hydrogen) atoms. The Hall–Kier alpha value is -3.42. The first-order valence-corrected chi connectivity index (χ1v) is 8.48. The molecule has 2 heterocycles. The number of nitrogens with zero attached hydrogens (tertiary/aromatic N) is 2. The number of hydrogen-bond acceptors (Lipinski definition) is 4. The molecule has 8 heteroatoms. The van der Waals surface area contributed by atoms with E-state index in [1.54, 1.807) is 28.0 Å². The number of rotatable bonds is 2. The molecule has 0 atom stereocenters. The number of piperazine rings is 1. The Morgan fingerprint density at radius 3 is 2.19 bits per heavy atom. The predicted octanol–water partition coefficient (Wildman–Crippen LogP) is 1.86. The van der Waals surface area contributed by atoms with Gasteiger partial charge in [0.05, 0.1) is 5.52 Å². The van der Waals surface area contributed by atoms with Crippen LogP contribution < -0.4 is 5.76 Å². The van der Waals surface area contributed by atoms with E-state index in [4.69, 9.17) is 4.42 Å². The van der Waals surface area contributed by atoms with Gasteiger partial charge in [-0.15, -0.1) is 0 Å². The van der Waals surface area contributed by atoms with Crippen LogP contribution in [0.3, 0.4) is 0 Å². The van der Waals surface area contributed by atoms with Crippen molar-refractivity contribution in [2.24, 2.45) is 0 Å². The van der Waals surface area contributed by atoms with Crippen molar-refractivity contribution in [3.05, 3.63) is 70.0 Å². The van der Waals surface area contributed by atoms with E-state index in [1.165, 1.54) is 24.3 Å². The Morgan fingerprint density at radius 1 is 0.926 bits per heavy atom. The number of fused-ring (bicyclic) bond motifs is 1. The molecule has 1 aromatic heterocycles. The minimum Gasteiger partial charge on any atom is -0.408 e. The lowest BCUT2D eigenvalue weighted by molar-refractivity contribution is 0.0535. The average Bonchev–Trinajstić information content (AvgIpc) is 3.06. The van der Waals surface area contributed by atoms with Gasteiger partial charge in [-0.2, -0.15) is 0 Å². The van der Waals surface area contributed by atoms with Gasteiger partial charge in [0.15, 0.2) is 5.58 Å². The number of H-pyrrole nitrogens is 1. The van der Waals surface area contributed by atoms with Gasteiger partial charge >= 0.3 is 5.76 Å². The van der Waals surface area contributed by atoms with Gasteiger partial charge in [0, 0.05) is 37.3 Å². The number of oxazole rings is 1. The Balaban J connectivity index is 1.44. The quantitative estimate of drug-likeness (QED) is 0.747. The number of aromatic amines is 1. The van der Waals surface area contributed by atoms with E-state index in [9.17, 15) is 18.8 Å². The molecular formula is C19H16FN3O4. The third-order valence-corrected chi connectivity index (χ3v) is 4.59. The molecule has 1 N–H and O–H groups in total. The summed E-state index contributed by atoms with van der Waals surface area (Å²) in [4.78, 5) is 42.1. The van der Waals surface area contributed by atoms with Gasteiger partial charge in [-0.25, -0.2) is 9.18 Å². The standard InChI is InChI=1S/C19H16FN3O4/c20-14-3-1-2-12(10-14)17(24)22-6-8-23(9-7-22)18(25)13-4-5-15-16(11-13)27-19(26)21-15/h1-5,10-11H,6-9H2,(H,21,26). The van der Waals surface area contributed by atoms with E-state index in [1.807, 2.05) is 0 Å². The van der Waals surface area contributed by atoms with E-state index in [0.717, 1.165) is 0 Å². The van der Waals surface area contributed by atoms with Crippen LogP contribution in [0.25, 0.3) is 11.1 Å². The molecule has 1 aliphatic heterocycles. The second-order valence-corrected chi connectivity index (χ2v) is 6.32. The fraction of sp³-hybridized carbons (Fsp3) is 0.211. The molecule has 3 aromatic rings. The molecule has 0 spiro atoms. The highest BCUT2D eigenvalue weighted by Crippen LogP contribution is 2.16. The van der Waals surface area contributed by atoms with Crippen molar-refractivity contribution in [3.8, 4) is 0 Å². The summed E-state index contributed by atoms with van der Waals surface area (Å²) in [6, 6.07) is 10.3. The van der Waals surface area contributed by atoms with Crippen LogP contribution in [0.2, 0.25) is 0 Å². The molecule has 1 aliphatic rings. The minimum atomic E-state index is -0.570. The first kappa shape index (κ1) is 17.0. The number of halogens is 1. The molecule has 0 aliphatic carbocycles. The second kappa shape index (κ2) is 6.71. The van der Waals surface area contributed by atoms with Crippen LogP contribution in [0.15, 0.2) is 51.7 Å². The molecule has 0 unspecified atom stereocenters. The molecule has 4 rings (SSSR count). The first-order chi connectivity index (χ1) is 13.0. The highest BCUT2D eigenvalue weighted by atomic mass is 19.1. The van der Waals surface area contributed by atoms with Crippen LogP contribution in [0.5, 0.6) is 0 Å². The van der Waals surface area contributed by atoms with Crippen molar-refractivity contribution >= 4 is 22.9 Å². The van der Waals surface area contributed by atoms with Gasteiger partial charge in [-0.05, 0) is 36.4 Å². The molecule has 7 nitrogen and oxygen atoms in total. The monoisotopic (exact) mass is 369 g/mol. The van der Waals surface area contributed by atoms with Crippen molar-refractivity contribution in [1.29, 1.82) is 0 Å². The van der Waals surface area contributed by atoms with Crippen LogP contribution in [0.1, 0.15) is 20.7 Å². The number of carbonyl (C=O) groups is 2. The van der Waals surface area contributed by atoms with Gasteiger partial charge in [0.1, 0.15) is 5.82 Å². The number of nitrogens with one attached hydrogen (secondary N) is 1. The summed E-state index contributed by atoms with van der Waals surface area (Å²) in [5.41, 5.74) is 1.56. The van der Waals surface area contributed by atoms with Gasteiger partial charge in [-0.3, -0.25) is 14.6 Å². The predicted molar refractivity (Wildman–Crippen MR) is 95.0 cm³/mol. The van der Waals surface area contributed by atoms with E-state index in [2.05, 4.69) is 4.98 Å². The number of amides is 2. The Bertz CT molecular complexity index is 1080. The number of aromatic nitrogens is 1. The maximum absolute atomic E-state index is 13.3. The summed E-state index contributed by atoms with van der Waals surface area (Å²) in [6.07, 6.45) is 0. The van der Waals surface area contributed by atoms with Crippen molar-refractivity contribution in [3.63, 3.8) is 0 Å². The molecule has 2 amide bonds. The molecule has 2 aromatic carbocycles. The average molecular weight is 369 g/mol. The fourth-order valence-electron chi connectivity index (χ4n) is 3.18. The molecule has 138 valence electrons.